The van der Waals surface area contributed by atoms with Gasteiger partial charge < -0.3 is 15.6 Å². The Bertz CT molecular complexity index is 689. The number of rotatable bonds is 7. The zero-order valence-electron chi connectivity index (χ0n) is 13.5. The molecule has 0 aliphatic carbocycles. The molecule has 1 aromatic carbocycles. The van der Waals surface area contributed by atoms with Crippen LogP contribution in [0.4, 0.5) is 5.69 Å². The molecule has 5 nitrogen and oxygen atoms in total. The lowest BCUT2D eigenvalue weighted by Gasteiger charge is -2.07. The molecule has 0 saturated carbocycles. The largest absolute Gasteiger partial charge is 0.370 e. The molecule has 23 heavy (non-hydrogen) atoms. The lowest BCUT2D eigenvalue weighted by atomic mass is 10.1. The second-order valence-electron chi connectivity index (χ2n) is 5.38. The van der Waals surface area contributed by atoms with E-state index in [0.29, 0.717) is 19.0 Å². The van der Waals surface area contributed by atoms with Gasteiger partial charge in [-0.1, -0.05) is 25.1 Å². The Morgan fingerprint density at radius 2 is 1.96 bits per heavy atom. The van der Waals surface area contributed by atoms with Crippen molar-refractivity contribution in [3.05, 3.63) is 64.6 Å². The van der Waals surface area contributed by atoms with Gasteiger partial charge in [0.05, 0.1) is 0 Å². The van der Waals surface area contributed by atoms with Crippen LogP contribution in [-0.4, -0.2) is 17.1 Å². The number of aliphatic imine (C=N–C) groups is 1. The minimum Gasteiger partial charge on any atom is -0.370 e. The number of unbranched alkanes of at least 4 members (excludes halogenated alkanes) is 1. The number of benzene rings is 1. The smallest absolute Gasteiger partial charge is 0.250 e. The van der Waals surface area contributed by atoms with Crippen LogP contribution < -0.4 is 16.6 Å². The maximum absolute atomic E-state index is 11.5. The summed E-state index contributed by atoms with van der Waals surface area (Å²) in [6.45, 7) is 3.48. The highest BCUT2D eigenvalue weighted by molar-refractivity contribution is 5.92. The third kappa shape index (κ3) is 5.62. The minimum absolute atomic E-state index is 0.0349. The highest BCUT2D eigenvalue weighted by Gasteiger charge is 1.97. The number of nitrogens with two attached hydrogens (primary N) is 1. The van der Waals surface area contributed by atoms with E-state index in [1.54, 1.807) is 16.7 Å². The Kier molecular flexibility index (Phi) is 6.41. The molecule has 0 saturated heterocycles. The average molecular weight is 312 g/mol. The first-order chi connectivity index (χ1) is 11.2. The van der Waals surface area contributed by atoms with Crippen molar-refractivity contribution in [3.8, 4) is 0 Å². The molecule has 0 aliphatic heterocycles. The Balaban J connectivity index is 1.72. The Labute approximate surface area is 136 Å². The number of aromatic nitrogens is 1. The Morgan fingerprint density at radius 1 is 1.17 bits per heavy atom. The van der Waals surface area contributed by atoms with Crippen molar-refractivity contribution in [1.29, 1.82) is 0 Å². The standard InChI is InChI=1S/C18H24N4O/c1-2-15-8-10-16(11-9-15)21-18(19)20-12-4-6-14-22-13-5-3-7-17(22)23/h3,5,7-11,13H,2,4,6,12,14H2,1H3,(H3,19,20,21). The lowest BCUT2D eigenvalue weighted by Crippen LogP contribution is -2.23. The molecule has 0 amide bonds. The van der Waals surface area contributed by atoms with E-state index in [4.69, 9.17) is 5.73 Å². The van der Waals surface area contributed by atoms with E-state index in [2.05, 4.69) is 29.4 Å². The number of pyridine rings is 1. The highest BCUT2D eigenvalue weighted by atomic mass is 16.1. The monoisotopic (exact) mass is 312 g/mol. The maximum Gasteiger partial charge on any atom is 0.250 e. The van der Waals surface area contributed by atoms with Crippen molar-refractivity contribution in [3.63, 3.8) is 0 Å². The summed E-state index contributed by atoms with van der Waals surface area (Å²) < 4.78 is 1.71. The van der Waals surface area contributed by atoms with E-state index in [0.717, 1.165) is 24.9 Å². The Hall–Kier alpha value is -2.56. The fourth-order valence-electron chi connectivity index (χ4n) is 2.25. The van der Waals surface area contributed by atoms with Crippen molar-refractivity contribution in [2.75, 3.05) is 11.9 Å². The maximum atomic E-state index is 11.5. The third-order valence-corrected chi connectivity index (χ3v) is 3.62. The van der Waals surface area contributed by atoms with Gasteiger partial charge in [-0.15, -0.1) is 0 Å². The number of guanidine groups is 1. The fourth-order valence-corrected chi connectivity index (χ4v) is 2.25. The van der Waals surface area contributed by atoms with Crippen molar-refractivity contribution in [2.45, 2.75) is 32.7 Å². The summed E-state index contributed by atoms with van der Waals surface area (Å²) in [7, 11) is 0. The van der Waals surface area contributed by atoms with Gasteiger partial charge in [0.1, 0.15) is 0 Å². The van der Waals surface area contributed by atoms with Crippen LogP contribution in [0.1, 0.15) is 25.3 Å². The van der Waals surface area contributed by atoms with Crippen LogP contribution in [0, 0.1) is 0 Å². The first-order valence-electron chi connectivity index (χ1n) is 8.00. The van der Waals surface area contributed by atoms with Gasteiger partial charge in [0, 0.05) is 31.0 Å². The molecule has 0 bridgehead atoms. The Morgan fingerprint density at radius 3 is 2.65 bits per heavy atom. The van der Waals surface area contributed by atoms with E-state index < -0.39 is 0 Å². The zero-order chi connectivity index (χ0) is 16.5. The topological polar surface area (TPSA) is 72.4 Å². The minimum atomic E-state index is 0.0349. The van der Waals surface area contributed by atoms with Gasteiger partial charge in [-0.3, -0.25) is 9.79 Å². The van der Waals surface area contributed by atoms with Crippen molar-refractivity contribution in [1.82, 2.24) is 4.57 Å². The summed E-state index contributed by atoms with van der Waals surface area (Å²) in [4.78, 5) is 15.9. The molecule has 0 radical (unpaired) electrons. The number of nitrogens with one attached hydrogen (secondary N) is 1. The molecule has 1 aromatic heterocycles. The second kappa shape index (κ2) is 8.78. The quantitative estimate of drug-likeness (QED) is 0.469. The number of hydrogen-bond acceptors (Lipinski definition) is 2. The fraction of sp³-hybridized carbons (Fsp3) is 0.333. The van der Waals surface area contributed by atoms with Crippen molar-refractivity contribution >= 4 is 11.6 Å². The van der Waals surface area contributed by atoms with Gasteiger partial charge in [-0.2, -0.15) is 0 Å². The number of aryl methyl sites for hydroxylation is 2. The van der Waals surface area contributed by atoms with Crippen LogP contribution in [0.3, 0.4) is 0 Å². The molecule has 0 fully saturated rings. The lowest BCUT2D eigenvalue weighted by molar-refractivity contribution is 0.599. The molecule has 5 heteroatoms. The van der Waals surface area contributed by atoms with Gasteiger partial charge in [-0.25, -0.2) is 0 Å². The first-order valence-corrected chi connectivity index (χ1v) is 8.00. The first kappa shape index (κ1) is 16.8. The van der Waals surface area contributed by atoms with Crippen molar-refractivity contribution < 1.29 is 0 Å². The molecule has 122 valence electrons. The molecular weight excluding hydrogens is 288 g/mol. The summed E-state index contributed by atoms with van der Waals surface area (Å²) in [5, 5.41) is 3.08. The van der Waals surface area contributed by atoms with E-state index in [1.165, 1.54) is 5.56 Å². The molecule has 3 N–H and O–H groups in total. The predicted octanol–water partition coefficient (Wildman–Crippen LogP) is 2.62. The molecule has 2 rings (SSSR count). The molecule has 0 spiro atoms. The van der Waals surface area contributed by atoms with Gasteiger partial charge in [-0.05, 0) is 43.0 Å². The summed E-state index contributed by atoms with van der Waals surface area (Å²) in [6.07, 6.45) is 4.61. The highest BCUT2D eigenvalue weighted by Crippen LogP contribution is 2.09. The number of hydrogen-bond donors (Lipinski definition) is 2. The number of anilines is 1. The van der Waals surface area contributed by atoms with Crippen LogP contribution in [0.15, 0.2) is 58.4 Å². The van der Waals surface area contributed by atoms with Crippen LogP contribution in [-0.2, 0) is 13.0 Å². The molecule has 0 aliphatic rings. The third-order valence-electron chi connectivity index (χ3n) is 3.62. The molecule has 0 unspecified atom stereocenters. The summed E-state index contributed by atoms with van der Waals surface area (Å²) in [5.41, 5.74) is 8.15. The average Bonchev–Trinajstić information content (AvgIpc) is 2.57. The SMILES string of the molecule is CCc1ccc(NC(N)=NCCCCn2ccccc2=O)cc1. The molecular formula is C18H24N4O. The van der Waals surface area contributed by atoms with Crippen LogP contribution in [0.25, 0.3) is 0 Å². The summed E-state index contributed by atoms with van der Waals surface area (Å²) >= 11 is 0. The molecule has 2 aromatic rings. The summed E-state index contributed by atoms with van der Waals surface area (Å²) in [5.74, 6) is 0.422. The van der Waals surface area contributed by atoms with E-state index in [1.807, 2.05) is 24.4 Å². The number of nitrogens with zero attached hydrogens (tertiary/aromatic N) is 2. The van der Waals surface area contributed by atoms with Gasteiger partial charge in [0.2, 0.25) is 5.56 Å². The van der Waals surface area contributed by atoms with E-state index >= 15 is 0 Å². The van der Waals surface area contributed by atoms with Crippen LogP contribution >= 0.6 is 0 Å². The molecule has 0 atom stereocenters. The van der Waals surface area contributed by atoms with Crippen LogP contribution in [0.2, 0.25) is 0 Å². The van der Waals surface area contributed by atoms with Gasteiger partial charge >= 0.3 is 0 Å². The predicted molar refractivity (Wildman–Crippen MR) is 95.9 cm³/mol. The van der Waals surface area contributed by atoms with Gasteiger partial charge in [0.15, 0.2) is 5.96 Å². The second-order valence-corrected chi connectivity index (χ2v) is 5.38. The summed E-state index contributed by atoms with van der Waals surface area (Å²) in [6, 6.07) is 13.4. The van der Waals surface area contributed by atoms with E-state index in [9.17, 15) is 4.79 Å². The van der Waals surface area contributed by atoms with Crippen LogP contribution in [0.5, 0.6) is 0 Å². The normalized spacial score (nSPS) is 11.4. The zero-order valence-corrected chi connectivity index (χ0v) is 13.5. The van der Waals surface area contributed by atoms with E-state index in [-0.39, 0.29) is 5.56 Å². The molecule has 1 heterocycles. The van der Waals surface area contributed by atoms with Gasteiger partial charge in [0.25, 0.3) is 0 Å². The van der Waals surface area contributed by atoms with Crippen molar-refractivity contribution in [2.24, 2.45) is 10.7 Å².